The summed E-state index contributed by atoms with van der Waals surface area (Å²) >= 11 is 12.3. The van der Waals surface area contributed by atoms with E-state index in [9.17, 15) is 9.18 Å². The first kappa shape index (κ1) is 24.9. The summed E-state index contributed by atoms with van der Waals surface area (Å²) in [4.78, 5) is 18.4. The lowest BCUT2D eigenvalue weighted by Gasteiger charge is -2.26. The van der Waals surface area contributed by atoms with Crippen LogP contribution in [0.15, 0.2) is 83.4 Å². The number of anilines is 2. The number of methoxy groups -OCH3 is 1. The van der Waals surface area contributed by atoms with E-state index >= 15 is 0 Å². The molecule has 1 fully saturated rings. The van der Waals surface area contributed by atoms with Crippen LogP contribution in [0, 0.1) is 5.82 Å². The molecule has 0 saturated carbocycles. The molecule has 0 unspecified atom stereocenters. The summed E-state index contributed by atoms with van der Waals surface area (Å²) in [7, 11) is 1.44. The third-order valence-electron chi connectivity index (χ3n) is 5.93. The summed E-state index contributed by atoms with van der Waals surface area (Å²) < 4.78 is 24.6. The van der Waals surface area contributed by atoms with E-state index in [0.29, 0.717) is 33.0 Å². The summed E-state index contributed by atoms with van der Waals surface area (Å²) in [6.45, 7) is -0.0824. The summed E-state index contributed by atoms with van der Waals surface area (Å²) in [6, 6.07) is 20.1. The molecule has 3 heterocycles. The number of rotatable bonds is 7. The van der Waals surface area contributed by atoms with Crippen LogP contribution in [0.4, 0.5) is 15.8 Å². The van der Waals surface area contributed by atoms with Crippen LogP contribution in [0.5, 0.6) is 0 Å². The molecule has 2 N–H and O–H groups in total. The maximum atomic E-state index is 13.4. The molecule has 1 aliphatic rings. The van der Waals surface area contributed by atoms with Gasteiger partial charge in [-0.1, -0.05) is 17.7 Å². The second kappa shape index (κ2) is 10.7. The molecule has 2 aromatic carbocycles. The lowest BCUT2D eigenvalue weighted by Crippen LogP contribution is -2.29. The molecule has 5 rings (SSSR count). The average molecular weight is 537 g/mol. The fourth-order valence-corrected chi connectivity index (χ4v) is 4.84. The fraction of sp³-hybridized carbons (Fsp3) is 0.148. The maximum Gasteiger partial charge on any atom is 0.250 e. The highest BCUT2D eigenvalue weighted by Gasteiger charge is 2.42. The lowest BCUT2D eigenvalue weighted by molar-refractivity contribution is -0.119. The van der Waals surface area contributed by atoms with Gasteiger partial charge in [0.1, 0.15) is 30.0 Å². The van der Waals surface area contributed by atoms with Crippen LogP contribution in [0.2, 0.25) is 5.02 Å². The third kappa shape index (κ3) is 5.20. The Labute approximate surface area is 223 Å². The summed E-state index contributed by atoms with van der Waals surface area (Å²) in [5.74, 6) is 0.603. The van der Waals surface area contributed by atoms with Gasteiger partial charge in [-0.2, -0.15) is 0 Å². The van der Waals surface area contributed by atoms with Crippen molar-refractivity contribution < 1.29 is 18.3 Å². The van der Waals surface area contributed by atoms with E-state index < -0.39 is 6.04 Å². The van der Waals surface area contributed by atoms with Gasteiger partial charge in [-0.25, -0.2) is 4.39 Å². The molecule has 0 aliphatic carbocycles. The second-order valence-corrected chi connectivity index (χ2v) is 9.14. The minimum atomic E-state index is -0.401. The van der Waals surface area contributed by atoms with Crippen molar-refractivity contribution in [2.45, 2.75) is 12.1 Å². The Balaban J connectivity index is 1.53. The first-order valence-electron chi connectivity index (χ1n) is 11.4. The van der Waals surface area contributed by atoms with Crippen LogP contribution < -0.4 is 15.5 Å². The van der Waals surface area contributed by atoms with Gasteiger partial charge in [0, 0.05) is 24.6 Å². The number of nitrogens with one attached hydrogen (secondary N) is 2. The number of hydrogen-bond donors (Lipinski definition) is 2. The van der Waals surface area contributed by atoms with E-state index in [2.05, 4.69) is 15.6 Å². The monoisotopic (exact) mass is 536 g/mol. The van der Waals surface area contributed by atoms with Gasteiger partial charge in [-0.3, -0.25) is 9.78 Å². The maximum absolute atomic E-state index is 13.4. The number of carbonyl (C=O) groups excluding carboxylic acids is 1. The number of pyridine rings is 1. The number of aromatic nitrogens is 1. The summed E-state index contributed by atoms with van der Waals surface area (Å²) in [6.07, 6.45) is 1.72. The highest BCUT2D eigenvalue weighted by molar-refractivity contribution is 7.80. The minimum Gasteiger partial charge on any atom is -0.459 e. The molecule has 37 heavy (non-hydrogen) atoms. The Morgan fingerprint density at radius 1 is 1.19 bits per heavy atom. The van der Waals surface area contributed by atoms with Gasteiger partial charge in [-0.15, -0.1) is 0 Å². The van der Waals surface area contributed by atoms with Crippen molar-refractivity contribution in [1.82, 2.24) is 10.3 Å². The smallest absolute Gasteiger partial charge is 0.250 e. The van der Waals surface area contributed by atoms with Crippen LogP contribution in [-0.4, -0.2) is 29.7 Å². The van der Waals surface area contributed by atoms with Crippen molar-refractivity contribution in [1.29, 1.82) is 0 Å². The molecule has 2 aromatic heterocycles. The van der Waals surface area contributed by atoms with Crippen molar-refractivity contribution in [3.05, 3.63) is 101 Å². The lowest BCUT2D eigenvalue weighted by atomic mass is 10.0. The molecule has 1 aliphatic heterocycles. The second-order valence-electron chi connectivity index (χ2n) is 8.35. The molecule has 10 heteroatoms. The van der Waals surface area contributed by atoms with Gasteiger partial charge in [0.05, 0.1) is 22.4 Å². The number of furan rings is 1. The number of halogens is 2. The van der Waals surface area contributed by atoms with E-state index in [1.54, 1.807) is 30.5 Å². The van der Waals surface area contributed by atoms with Crippen LogP contribution in [0.25, 0.3) is 11.3 Å². The van der Waals surface area contributed by atoms with Crippen LogP contribution in [0.1, 0.15) is 23.5 Å². The number of carbonyl (C=O) groups is 1. The van der Waals surface area contributed by atoms with Gasteiger partial charge >= 0.3 is 0 Å². The van der Waals surface area contributed by atoms with Crippen LogP contribution in [0.3, 0.4) is 0 Å². The third-order valence-corrected chi connectivity index (χ3v) is 6.55. The molecule has 7 nitrogen and oxygen atoms in total. The number of nitrogens with zero attached hydrogens (tertiary/aromatic N) is 2. The van der Waals surface area contributed by atoms with E-state index in [-0.39, 0.29) is 24.4 Å². The predicted octanol–water partition coefficient (Wildman–Crippen LogP) is 5.90. The zero-order valence-electron chi connectivity index (χ0n) is 19.7. The summed E-state index contributed by atoms with van der Waals surface area (Å²) in [5, 5.41) is 6.90. The Hall–Kier alpha value is -3.79. The summed E-state index contributed by atoms with van der Waals surface area (Å²) in [5.41, 5.74) is 2.70. The van der Waals surface area contributed by atoms with Crippen molar-refractivity contribution in [2.24, 2.45) is 0 Å². The van der Waals surface area contributed by atoms with E-state index in [1.807, 2.05) is 41.3 Å². The highest BCUT2D eigenvalue weighted by atomic mass is 35.5. The van der Waals surface area contributed by atoms with E-state index in [1.165, 1.54) is 19.2 Å². The molecule has 188 valence electrons. The van der Waals surface area contributed by atoms with Crippen molar-refractivity contribution in [2.75, 3.05) is 23.9 Å². The molecule has 0 spiro atoms. The normalized spacial score (nSPS) is 17.1. The molecule has 4 aromatic rings. The Bertz CT molecular complexity index is 1430. The fourth-order valence-electron chi connectivity index (χ4n) is 4.28. The zero-order chi connectivity index (χ0) is 25.9. The highest BCUT2D eigenvalue weighted by Crippen LogP contribution is 2.44. The average Bonchev–Trinajstić information content (AvgIpc) is 3.51. The zero-order valence-corrected chi connectivity index (χ0v) is 21.2. The van der Waals surface area contributed by atoms with E-state index in [0.717, 1.165) is 11.3 Å². The topological polar surface area (TPSA) is 79.6 Å². The first-order valence-corrected chi connectivity index (χ1v) is 12.2. The molecule has 0 radical (unpaired) electrons. The minimum absolute atomic E-state index is 0.0824. The van der Waals surface area contributed by atoms with Gasteiger partial charge in [0.15, 0.2) is 5.11 Å². The molecular formula is C27H22ClFN4O3S. The standard InChI is InChI=1S/C27H22ClFN4O3S/c1-35-15-24(34)31-20-10-9-18(14-19(20)28)33-26(25(32-27(33)37)21-4-2-3-13-30-21)23-12-11-22(36-23)16-5-7-17(29)8-6-16/h2-14,25-26H,15H2,1H3,(H,31,34)(H,32,37)/t25-,26-/m0/s1. The first-order chi connectivity index (χ1) is 17.9. The van der Waals surface area contributed by atoms with Crippen molar-refractivity contribution >= 4 is 46.2 Å². The van der Waals surface area contributed by atoms with Crippen molar-refractivity contribution in [3.8, 4) is 11.3 Å². The largest absolute Gasteiger partial charge is 0.459 e. The molecular weight excluding hydrogens is 515 g/mol. The number of benzene rings is 2. The van der Waals surface area contributed by atoms with Crippen LogP contribution >= 0.6 is 23.8 Å². The Morgan fingerprint density at radius 3 is 2.70 bits per heavy atom. The Kier molecular flexibility index (Phi) is 7.18. The van der Waals surface area contributed by atoms with Crippen molar-refractivity contribution in [3.63, 3.8) is 0 Å². The molecule has 2 atom stereocenters. The quantitative estimate of drug-likeness (QED) is 0.285. The number of amides is 1. The molecule has 1 amide bonds. The van der Waals surface area contributed by atoms with Gasteiger partial charge in [0.25, 0.3) is 0 Å². The molecule has 0 bridgehead atoms. The Morgan fingerprint density at radius 2 is 2.00 bits per heavy atom. The number of hydrogen-bond acceptors (Lipinski definition) is 5. The molecule has 1 saturated heterocycles. The van der Waals surface area contributed by atoms with E-state index in [4.69, 9.17) is 33.0 Å². The van der Waals surface area contributed by atoms with Gasteiger partial charge in [-0.05, 0) is 78.9 Å². The van der Waals surface area contributed by atoms with Gasteiger partial charge in [0.2, 0.25) is 5.91 Å². The van der Waals surface area contributed by atoms with Gasteiger partial charge < -0.3 is 24.7 Å². The predicted molar refractivity (Wildman–Crippen MR) is 144 cm³/mol. The SMILES string of the molecule is COCC(=O)Nc1ccc(N2C(=S)N[C@@H](c3ccccn3)[C@@H]2c2ccc(-c3ccc(F)cc3)o2)cc1Cl. The number of ether oxygens (including phenoxy) is 1. The van der Waals surface area contributed by atoms with Crippen LogP contribution in [-0.2, 0) is 9.53 Å². The number of thiocarbonyl (C=S) groups is 1.